The first-order valence-electron chi connectivity index (χ1n) is 13.9. The number of nitrogens with zero attached hydrogens (tertiary/aromatic N) is 2. The molecule has 0 spiro atoms. The zero-order valence-corrected chi connectivity index (χ0v) is 21.5. The van der Waals surface area contributed by atoms with Crippen molar-refractivity contribution in [3.63, 3.8) is 0 Å². The molecule has 0 amide bonds. The molecule has 6 aromatic rings. The second-order valence-corrected chi connectivity index (χ2v) is 12.0. The monoisotopic (exact) mass is 484 g/mol. The second kappa shape index (κ2) is 6.24. The zero-order chi connectivity index (χ0) is 24.9. The van der Waals surface area contributed by atoms with E-state index in [-0.39, 0.29) is 12.1 Å². The molecule has 4 aromatic carbocycles. The van der Waals surface area contributed by atoms with Crippen LogP contribution in [0, 0.1) is 0 Å². The summed E-state index contributed by atoms with van der Waals surface area (Å²) in [5.74, 6) is 0. The molecule has 2 aliphatic heterocycles. The molecule has 178 valence electrons. The van der Waals surface area contributed by atoms with Crippen molar-refractivity contribution in [1.29, 1.82) is 0 Å². The first kappa shape index (κ1) is 19.8. The van der Waals surface area contributed by atoms with Gasteiger partial charge in [0.15, 0.2) is 0 Å². The number of fused-ring (bicyclic) bond motifs is 13. The van der Waals surface area contributed by atoms with Crippen LogP contribution < -0.4 is 21.5 Å². The smallest absolute Gasteiger partial charge is 0.252 e. The standard InChI is InChI=1S/C35H25BN2/c1-35(2)25-14-6-3-13-22(25)30-34(35)38-28-17-9-5-12-21(28)24-19-23-20-11-4-8-16-27(20)37-29-18-10-7-15-26(29)36(30)31(32(23)37)33(24)38/h3-4,6-8,10-19H,5,9H2,1-2H3. The lowest BCUT2D eigenvalue weighted by atomic mass is 9.33. The van der Waals surface area contributed by atoms with Crippen LogP contribution in [-0.4, -0.2) is 15.8 Å². The van der Waals surface area contributed by atoms with E-state index in [9.17, 15) is 0 Å². The van der Waals surface area contributed by atoms with E-state index in [1.165, 1.54) is 82.2 Å². The minimum atomic E-state index is -0.0807. The van der Waals surface area contributed by atoms with Gasteiger partial charge in [-0.05, 0) is 58.6 Å². The van der Waals surface area contributed by atoms with Gasteiger partial charge in [0.2, 0.25) is 0 Å². The van der Waals surface area contributed by atoms with Gasteiger partial charge in [0.05, 0.1) is 16.6 Å². The third-order valence-electron chi connectivity index (χ3n) is 9.88. The number of rotatable bonds is 0. The second-order valence-electron chi connectivity index (χ2n) is 12.0. The highest BCUT2D eigenvalue weighted by Gasteiger charge is 2.49. The van der Waals surface area contributed by atoms with Gasteiger partial charge < -0.3 is 9.13 Å². The van der Waals surface area contributed by atoms with E-state index in [0.717, 1.165) is 12.8 Å². The lowest BCUT2D eigenvalue weighted by Crippen LogP contribution is -2.52. The van der Waals surface area contributed by atoms with Gasteiger partial charge in [0, 0.05) is 43.5 Å². The largest absolute Gasteiger partial charge is 0.313 e. The van der Waals surface area contributed by atoms with Crippen LogP contribution in [0.4, 0.5) is 0 Å². The maximum Gasteiger partial charge on any atom is 0.252 e. The Morgan fingerprint density at radius 3 is 2.45 bits per heavy atom. The van der Waals surface area contributed by atoms with Crippen molar-refractivity contribution in [1.82, 2.24) is 9.13 Å². The Morgan fingerprint density at radius 2 is 1.50 bits per heavy atom. The molecule has 0 saturated heterocycles. The van der Waals surface area contributed by atoms with Crippen molar-refractivity contribution in [3.8, 4) is 5.69 Å². The molecule has 0 N–H and O–H groups in total. The molecule has 0 unspecified atom stereocenters. The summed E-state index contributed by atoms with van der Waals surface area (Å²) in [5.41, 5.74) is 14.2. The Kier molecular flexibility index (Phi) is 3.26. The average molecular weight is 484 g/mol. The summed E-state index contributed by atoms with van der Waals surface area (Å²) in [6.45, 7) is 5.10. The SMILES string of the molecule is CC1(C)C2=C(B3c4ccccc4-n4c5ccccc5c5cc6c7c(n2c6c3c54)=CCCC=7)c2ccccc21. The van der Waals surface area contributed by atoms with Crippen LogP contribution >= 0.6 is 0 Å². The predicted molar refractivity (Wildman–Crippen MR) is 161 cm³/mol. The van der Waals surface area contributed by atoms with Crippen LogP contribution in [0.25, 0.3) is 61.7 Å². The molecule has 4 aliphatic rings. The van der Waals surface area contributed by atoms with Crippen LogP contribution in [0.3, 0.4) is 0 Å². The molecule has 2 aliphatic carbocycles. The van der Waals surface area contributed by atoms with Crippen LogP contribution in [0.2, 0.25) is 0 Å². The van der Waals surface area contributed by atoms with Gasteiger partial charge in [-0.25, -0.2) is 0 Å². The zero-order valence-electron chi connectivity index (χ0n) is 21.5. The normalized spacial score (nSPS) is 17.5. The van der Waals surface area contributed by atoms with Crippen molar-refractivity contribution < 1.29 is 0 Å². The number of allylic oxidation sites excluding steroid dienone is 1. The maximum absolute atomic E-state index is 2.69. The third kappa shape index (κ3) is 1.96. The highest BCUT2D eigenvalue weighted by molar-refractivity contribution is 7.04. The number of aromatic nitrogens is 2. The van der Waals surface area contributed by atoms with Crippen LogP contribution in [0.15, 0.2) is 78.9 Å². The maximum atomic E-state index is 2.69. The fourth-order valence-corrected chi connectivity index (χ4v) is 8.53. The minimum absolute atomic E-state index is 0.0807. The van der Waals surface area contributed by atoms with Crippen LogP contribution in [0.1, 0.15) is 37.8 Å². The molecule has 0 atom stereocenters. The molecule has 0 fully saturated rings. The molecule has 2 aromatic heterocycles. The molecule has 0 bridgehead atoms. The molecule has 2 nitrogen and oxygen atoms in total. The van der Waals surface area contributed by atoms with Crippen molar-refractivity contribution in [2.45, 2.75) is 32.1 Å². The Morgan fingerprint density at radius 1 is 0.737 bits per heavy atom. The average Bonchev–Trinajstić information content (AvgIpc) is 3.55. The molecular formula is C35H25BN2. The van der Waals surface area contributed by atoms with Gasteiger partial charge in [-0.3, -0.25) is 0 Å². The van der Waals surface area contributed by atoms with Crippen molar-refractivity contribution in [2.24, 2.45) is 0 Å². The number of hydrogen-bond donors (Lipinski definition) is 0. The van der Waals surface area contributed by atoms with Gasteiger partial charge >= 0.3 is 0 Å². The minimum Gasteiger partial charge on any atom is -0.313 e. The van der Waals surface area contributed by atoms with E-state index in [2.05, 4.69) is 114 Å². The Bertz CT molecular complexity index is 2270. The van der Waals surface area contributed by atoms with E-state index in [4.69, 9.17) is 0 Å². The number of hydrogen-bond acceptors (Lipinski definition) is 0. The van der Waals surface area contributed by atoms with Crippen LogP contribution in [0.5, 0.6) is 0 Å². The summed E-state index contributed by atoms with van der Waals surface area (Å²) in [6.07, 6.45) is 7.22. The lowest BCUT2D eigenvalue weighted by molar-refractivity contribution is 0.668. The van der Waals surface area contributed by atoms with Crippen molar-refractivity contribution in [2.75, 3.05) is 0 Å². The Hall–Kier alpha value is -4.24. The van der Waals surface area contributed by atoms with Gasteiger partial charge in [-0.1, -0.05) is 86.7 Å². The lowest BCUT2D eigenvalue weighted by Gasteiger charge is -2.35. The van der Waals surface area contributed by atoms with Crippen LogP contribution in [-0.2, 0) is 5.41 Å². The molecule has 3 heteroatoms. The van der Waals surface area contributed by atoms with E-state index >= 15 is 0 Å². The van der Waals surface area contributed by atoms with Gasteiger partial charge in [0.25, 0.3) is 6.71 Å². The molecule has 0 saturated carbocycles. The molecular weight excluding hydrogens is 459 g/mol. The van der Waals surface area contributed by atoms with Crippen molar-refractivity contribution >= 4 is 73.7 Å². The van der Waals surface area contributed by atoms with Gasteiger partial charge in [-0.15, -0.1) is 0 Å². The summed E-state index contributed by atoms with van der Waals surface area (Å²) in [7, 11) is 0. The highest BCUT2D eigenvalue weighted by Crippen LogP contribution is 2.52. The fourth-order valence-electron chi connectivity index (χ4n) is 8.53. The molecule has 4 heterocycles. The summed E-state index contributed by atoms with van der Waals surface area (Å²) >= 11 is 0. The predicted octanol–water partition coefficient (Wildman–Crippen LogP) is 5.23. The summed E-state index contributed by atoms with van der Waals surface area (Å²) in [4.78, 5) is 0. The van der Waals surface area contributed by atoms with Gasteiger partial charge in [-0.2, -0.15) is 0 Å². The number of para-hydroxylation sites is 2. The summed E-state index contributed by atoms with van der Waals surface area (Å²) < 4.78 is 5.25. The topological polar surface area (TPSA) is 9.86 Å². The summed E-state index contributed by atoms with van der Waals surface area (Å²) in [5, 5.41) is 6.99. The van der Waals surface area contributed by atoms with Crippen molar-refractivity contribution in [3.05, 3.63) is 101 Å². The quantitative estimate of drug-likeness (QED) is 0.262. The van der Waals surface area contributed by atoms with E-state index in [1.807, 2.05) is 0 Å². The van der Waals surface area contributed by atoms with E-state index in [0.29, 0.717) is 0 Å². The fraction of sp³-hybridized carbons (Fsp3) is 0.143. The Labute approximate surface area is 220 Å². The van der Waals surface area contributed by atoms with E-state index < -0.39 is 0 Å². The number of benzene rings is 4. The molecule has 0 radical (unpaired) electrons. The van der Waals surface area contributed by atoms with E-state index in [1.54, 1.807) is 0 Å². The summed E-state index contributed by atoms with van der Waals surface area (Å²) in [6, 6.07) is 29.9. The van der Waals surface area contributed by atoms with Gasteiger partial charge in [0.1, 0.15) is 0 Å². The molecule has 38 heavy (non-hydrogen) atoms. The third-order valence-corrected chi connectivity index (χ3v) is 9.88. The molecule has 10 rings (SSSR count). The highest BCUT2D eigenvalue weighted by atomic mass is 15.0. The first-order valence-corrected chi connectivity index (χ1v) is 13.9. The Balaban J connectivity index is 1.56. The first-order chi connectivity index (χ1) is 18.7.